The van der Waals surface area contributed by atoms with Crippen LogP contribution in [0.4, 0.5) is 17.6 Å². The summed E-state index contributed by atoms with van der Waals surface area (Å²) in [5, 5.41) is 0. The van der Waals surface area contributed by atoms with E-state index in [0.717, 1.165) is 23.8 Å². The summed E-state index contributed by atoms with van der Waals surface area (Å²) in [5.74, 6) is -0.306. The van der Waals surface area contributed by atoms with Crippen LogP contribution in [0.15, 0.2) is 66.7 Å². The Morgan fingerprint density at radius 1 is 0.812 bits per heavy atom. The molecule has 3 aromatic carbocycles. The maximum Gasteiger partial charge on any atom is 0.416 e. The highest BCUT2D eigenvalue weighted by Crippen LogP contribution is 2.39. The average molecular weight is 470 g/mol. The van der Waals surface area contributed by atoms with Gasteiger partial charge in [0.25, 0.3) is 0 Å². The van der Waals surface area contributed by atoms with Gasteiger partial charge in [0.2, 0.25) is 0 Å². The molecule has 0 unspecified atom stereocenters. The van der Waals surface area contributed by atoms with Crippen LogP contribution in [-0.4, -0.2) is 23.0 Å². The van der Waals surface area contributed by atoms with Gasteiger partial charge in [-0.25, -0.2) is 4.39 Å². The zero-order valence-corrected chi connectivity index (χ0v) is 17.4. The molecule has 32 heavy (non-hydrogen) atoms. The molecule has 3 rings (SSSR count). The van der Waals surface area contributed by atoms with Crippen LogP contribution in [0.3, 0.4) is 0 Å². The number of hydrogen-bond donors (Lipinski definition) is 2. The van der Waals surface area contributed by atoms with Gasteiger partial charge >= 0.3 is 13.8 Å². The van der Waals surface area contributed by atoms with Crippen LogP contribution in [0.2, 0.25) is 0 Å². The summed E-state index contributed by atoms with van der Waals surface area (Å²) >= 11 is 0. The SMILES string of the molecule is O=P(O)(O)Cc1ccc(OCCOc2ccc(-c3ccc(C(F)(F)F)cc3)cc2)c(F)c1. The van der Waals surface area contributed by atoms with Crippen molar-refractivity contribution in [1.82, 2.24) is 0 Å². The highest BCUT2D eigenvalue weighted by atomic mass is 31.2. The van der Waals surface area contributed by atoms with Crippen LogP contribution < -0.4 is 9.47 Å². The van der Waals surface area contributed by atoms with Gasteiger partial charge in [-0.2, -0.15) is 13.2 Å². The average Bonchev–Trinajstić information content (AvgIpc) is 2.71. The second-order valence-corrected chi connectivity index (χ2v) is 8.53. The Morgan fingerprint density at radius 2 is 1.38 bits per heavy atom. The first-order valence-electron chi connectivity index (χ1n) is 9.37. The van der Waals surface area contributed by atoms with Gasteiger partial charge in [0, 0.05) is 0 Å². The number of hydrogen-bond acceptors (Lipinski definition) is 3. The first-order chi connectivity index (χ1) is 15.0. The lowest BCUT2D eigenvalue weighted by Gasteiger charge is -2.11. The molecule has 0 radical (unpaired) electrons. The smallest absolute Gasteiger partial charge is 0.416 e. The van der Waals surface area contributed by atoms with Crippen molar-refractivity contribution in [3.05, 3.63) is 83.7 Å². The molecule has 0 saturated heterocycles. The number of rotatable bonds is 8. The molecule has 3 aromatic rings. The topological polar surface area (TPSA) is 76.0 Å². The van der Waals surface area contributed by atoms with E-state index in [-0.39, 0.29) is 24.5 Å². The van der Waals surface area contributed by atoms with Gasteiger partial charge in [-0.1, -0.05) is 30.3 Å². The van der Waals surface area contributed by atoms with Crippen molar-refractivity contribution in [1.29, 1.82) is 0 Å². The summed E-state index contributed by atoms with van der Waals surface area (Å²) in [4.78, 5) is 17.9. The molecule has 0 aromatic heterocycles. The number of benzene rings is 3. The fraction of sp³-hybridized carbons (Fsp3) is 0.182. The van der Waals surface area contributed by atoms with E-state index in [1.165, 1.54) is 24.3 Å². The molecule has 170 valence electrons. The van der Waals surface area contributed by atoms with E-state index < -0.39 is 31.3 Å². The fourth-order valence-electron chi connectivity index (χ4n) is 2.90. The van der Waals surface area contributed by atoms with Gasteiger partial charge in [0.05, 0.1) is 11.7 Å². The third kappa shape index (κ3) is 6.82. The molecular formula is C22H19F4O5P. The van der Waals surface area contributed by atoms with E-state index in [1.807, 2.05) is 0 Å². The normalized spacial score (nSPS) is 11.9. The number of alkyl halides is 3. The Kier molecular flexibility index (Phi) is 7.23. The molecule has 0 spiro atoms. The third-order valence-corrected chi connectivity index (χ3v) is 5.17. The Hall–Kier alpha value is -2.87. The molecule has 10 heteroatoms. The van der Waals surface area contributed by atoms with Crippen LogP contribution in [-0.2, 0) is 16.9 Å². The standard InChI is InChI=1S/C22H19F4O5P/c23-20-13-15(14-32(27,28)29)1-10-21(20)31-12-11-30-19-8-4-17(5-9-19)16-2-6-18(7-3-16)22(24,25)26/h1-10,13H,11-12,14H2,(H2,27,28,29). The highest BCUT2D eigenvalue weighted by molar-refractivity contribution is 7.50. The number of halogens is 4. The summed E-state index contributed by atoms with van der Waals surface area (Å²) in [6.45, 7) is 0.124. The first-order valence-corrected chi connectivity index (χ1v) is 11.2. The van der Waals surface area contributed by atoms with Crippen molar-refractivity contribution < 1.29 is 41.4 Å². The maximum atomic E-state index is 14.0. The monoisotopic (exact) mass is 470 g/mol. The van der Waals surface area contributed by atoms with Gasteiger partial charge in [-0.05, 0) is 53.1 Å². The van der Waals surface area contributed by atoms with Gasteiger partial charge in [-0.3, -0.25) is 4.57 Å². The minimum Gasteiger partial charge on any atom is -0.490 e. The molecule has 0 heterocycles. The van der Waals surface area contributed by atoms with Crippen molar-refractivity contribution in [3.63, 3.8) is 0 Å². The molecule has 0 fully saturated rings. The third-order valence-electron chi connectivity index (χ3n) is 4.39. The van der Waals surface area contributed by atoms with Crippen LogP contribution in [0.1, 0.15) is 11.1 Å². The Bertz CT molecular complexity index is 1090. The molecule has 0 amide bonds. The van der Waals surface area contributed by atoms with Crippen LogP contribution in [0.25, 0.3) is 11.1 Å². The molecule has 0 saturated carbocycles. The Labute approximate surface area is 181 Å². The highest BCUT2D eigenvalue weighted by Gasteiger charge is 2.29. The summed E-state index contributed by atoms with van der Waals surface area (Å²) in [6.07, 6.45) is -4.94. The molecule has 0 aliphatic rings. The molecule has 0 atom stereocenters. The fourth-order valence-corrected chi connectivity index (χ4v) is 3.58. The molecular weight excluding hydrogens is 451 g/mol. The summed E-state index contributed by atoms with van der Waals surface area (Å²) in [6, 6.07) is 15.2. The molecule has 0 bridgehead atoms. The van der Waals surface area contributed by atoms with Crippen molar-refractivity contribution in [2.75, 3.05) is 13.2 Å². The van der Waals surface area contributed by atoms with Crippen molar-refractivity contribution in [2.24, 2.45) is 0 Å². The van der Waals surface area contributed by atoms with E-state index in [4.69, 9.17) is 19.3 Å². The minimum absolute atomic E-state index is 0.0232. The van der Waals surface area contributed by atoms with E-state index in [0.29, 0.717) is 11.3 Å². The van der Waals surface area contributed by atoms with Gasteiger partial charge in [0.15, 0.2) is 11.6 Å². The van der Waals surface area contributed by atoms with Crippen molar-refractivity contribution in [3.8, 4) is 22.6 Å². The van der Waals surface area contributed by atoms with Crippen molar-refractivity contribution >= 4 is 7.60 Å². The van der Waals surface area contributed by atoms with E-state index in [1.54, 1.807) is 24.3 Å². The zero-order chi connectivity index (χ0) is 23.4. The predicted molar refractivity (Wildman–Crippen MR) is 110 cm³/mol. The summed E-state index contributed by atoms with van der Waals surface area (Å²) < 4.78 is 73.7. The van der Waals surface area contributed by atoms with Gasteiger partial charge in [-0.15, -0.1) is 0 Å². The van der Waals surface area contributed by atoms with Crippen LogP contribution in [0, 0.1) is 5.82 Å². The largest absolute Gasteiger partial charge is 0.490 e. The van der Waals surface area contributed by atoms with Gasteiger partial charge in [0.1, 0.15) is 19.0 Å². The Balaban J connectivity index is 1.50. The van der Waals surface area contributed by atoms with E-state index >= 15 is 0 Å². The second kappa shape index (κ2) is 9.73. The summed E-state index contributed by atoms with van der Waals surface area (Å²) in [5.41, 5.74) is 0.798. The van der Waals surface area contributed by atoms with E-state index in [2.05, 4.69) is 0 Å². The predicted octanol–water partition coefficient (Wildman–Crippen LogP) is 5.65. The van der Waals surface area contributed by atoms with Gasteiger partial charge < -0.3 is 19.3 Å². The minimum atomic E-state index is -4.38. The summed E-state index contributed by atoms with van der Waals surface area (Å²) in [7, 11) is -4.29. The molecule has 0 aliphatic heterocycles. The lowest BCUT2D eigenvalue weighted by atomic mass is 10.0. The molecule has 0 aliphatic carbocycles. The molecule has 2 N–H and O–H groups in total. The lowest BCUT2D eigenvalue weighted by molar-refractivity contribution is -0.137. The quantitative estimate of drug-likeness (QED) is 0.253. The molecule has 5 nitrogen and oxygen atoms in total. The van der Waals surface area contributed by atoms with Crippen LogP contribution >= 0.6 is 7.60 Å². The lowest BCUT2D eigenvalue weighted by Crippen LogP contribution is -2.09. The second-order valence-electron chi connectivity index (χ2n) is 6.88. The van der Waals surface area contributed by atoms with Crippen LogP contribution in [0.5, 0.6) is 11.5 Å². The first kappa shape index (κ1) is 23.8. The zero-order valence-electron chi connectivity index (χ0n) is 16.6. The van der Waals surface area contributed by atoms with Crippen molar-refractivity contribution in [2.45, 2.75) is 12.3 Å². The van der Waals surface area contributed by atoms with E-state index in [9.17, 15) is 22.1 Å². The maximum absolute atomic E-state index is 14.0. The Morgan fingerprint density at radius 3 is 1.91 bits per heavy atom. The number of ether oxygens (including phenoxy) is 2.